The molecule has 7 aromatic rings. The zero-order valence-corrected chi connectivity index (χ0v) is 34.5. The summed E-state index contributed by atoms with van der Waals surface area (Å²) < 4.78 is 10.0. The summed E-state index contributed by atoms with van der Waals surface area (Å²) >= 11 is 0. The van der Waals surface area contributed by atoms with E-state index < -0.39 is 31.5 Å². The standard InChI is InChI=1S/C46H46N6O7Si/c1-29-42(60(2,3)58)40(26-41(54)49(22-23-53)27-30-12-5-4-6-13-30)59-46(29)36-25-33(52-44(56)35-17-8-10-19-38(35)48-52)20-21-39(36)50(45(46)57)28-31-14-11-15-32(24-31)51-43(55)34-16-7-9-18-37(34)47-51/h4-21,24-25,29,40,42,47-48,53,58H,22-23,26-28H2,1-3H3/t29-,40+,42-,46+/m1/s1. The molecular formula is C46H46N6O7Si. The Morgan fingerprint density at radius 3 is 2.00 bits per heavy atom. The highest BCUT2D eigenvalue weighted by molar-refractivity contribution is 6.71. The average Bonchev–Trinajstić information content (AvgIpc) is 3.93. The molecule has 14 heteroatoms. The molecular weight excluding hydrogens is 777 g/mol. The Morgan fingerprint density at radius 1 is 0.783 bits per heavy atom. The van der Waals surface area contributed by atoms with Crippen molar-refractivity contribution in [2.24, 2.45) is 5.92 Å². The van der Waals surface area contributed by atoms with Gasteiger partial charge in [-0.15, -0.1) is 0 Å². The molecule has 1 spiro atoms. The lowest BCUT2D eigenvalue weighted by Gasteiger charge is -2.32. The Balaban J connectivity index is 1.13. The second-order valence-electron chi connectivity index (χ2n) is 16.4. The number of carbonyl (C=O) groups is 2. The van der Waals surface area contributed by atoms with E-state index in [2.05, 4.69) is 10.2 Å². The molecule has 4 atom stereocenters. The van der Waals surface area contributed by atoms with E-state index in [1.165, 1.54) is 9.36 Å². The van der Waals surface area contributed by atoms with E-state index in [1.54, 1.807) is 47.2 Å². The van der Waals surface area contributed by atoms with Crippen LogP contribution in [0.15, 0.2) is 131 Å². The number of aliphatic hydroxyl groups is 1. The van der Waals surface area contributed by atoms with Gasteiger partial charge in [-0.1, -0.05) is 73.7 Å². The van der Waals surface area contributed by atoms with Crippen molar-refractivity contribution in [2.75, 3.05) is 18.1 Å². The largest absolute Gasteiger partial charge is 0.432 e. The number of rotatable bonds is 11. The molecule has 4 heterocycles. The summed E-state index contributed by atoms with van der Waals surface area (Å²) in [7, 11) is -3.17. The predicted molar refractivity (Wildman–Crippen MR) is 232 cm³/mol. The number of nitrogens with one attached hydrogen (secondary N) is 2. The minimum Gasteiger partial charge on any atom is -0.432 e. The average molecular weight is 823 g/mol. The van der Waals surface area contributed by atoms with Crippen molar-refractivity contribution in [2.45, 2.75) is 56.8 Å². The summed E-state index contributed by atoms with van der Waals surface area (Å²) in [5.74, 6) is -1.21. The van der Waals surface area contributed by atoms with Crippen molar-refractivity contribution in [1.29, 1.82) is 0 Å². The lowest BCUT2D eigenvalue weighted by molar-refractivity contribution is -0.150. The third-order valence-electron chi connectivity index (χ3n) is 12.2. The van der Waals surface area contributed by atoms with Crippen LogP contribution in [0.3, 0.4) is 0 Å². The number of anilines is 1. The maximum Gasteiger partial charge on any atom is 0.279 e. The fraction of sp³-hybridized carbons (Fsp3) is 0.261. The van der Waals surface area contributed by atoms with E-state index in [4.69, 9.17) is 4.74 Å². The first-order valence-corrected chi connectivity index (χ1v) is 23.2. The molecule has 13 nitrogen and oxygen atoms in total. The van der Waals surface area contributed by atoms with Gasteiger partial charge in [0.05, 0.1) is 64.5 Å². The van der Waals surface area contributed by atoms with E-state index in [-0.39, 0.29) is 55.6 Å². The Hall–Kier alpha value is -6.32. The number of fused-ring (bicyclic) bond motifs is 4. The number of H-pyrrole nitrogens is 2. The molecule has 2 amide bonds. The van der Waals surface area contributed by atoms with Crippen LogP contribution in [-0.2, 0) is 33.0 Å². The van der Waals surface area contributed by atoms with Crippen LogP contribution in [0.25, 0.3) is 33.2 Å². The summed E-state index contributed by atoms with van der Waals surface area (Å²) in [5.41, 5.74) is 2.57. The van der Waals surface area contributed by atoms with E-state index in [0.29, 0.717) is 44.4 Å². The number of carbonyl (C=O) groups excluding carboxylic acids is 2. The first-order valence-electron chi connectivity index (χ1n) is 20.2. The van der Waals surface area contributed by atoms with Crippen LogP contribution in [0, 0.1) is 5.92 Å². The van der Waals surface area contributed by atoms with Gasteiger partial charge in [-0.05, 0) is 78.8 Å². The summed E-state index contributed by atoms with van der Waals surface area (Å²) in [4.78, 5) is 72.0. The van der Waals surface area contributed by atoms with Gasteiger partial charge in [0.15, 0.2) is 13.9 Å². The van der Waals surface area contributed by atoms with Crippen LogP contribution in [0.4, 0.5) is 5.69 Å². The maximum absolute atomic E-state index is 15.4. The van der Waals surface area contributed by atoms with Crippen molar-refractivity contribution >= 4 is 47.6 Å². The third-order valence-corrected chi connectivity index (χ3v) is 14.7. The highest BCUT2D eigenvalue weighted by atomic mass is 28.4. The smallest absolute Gasteiger partial charge is 0.279 e. The number of benzene rings is 5. The minimum atomic E-state index is -3.17. The highest BCUT2D eigenvalue weighted by Crippen LogP contribution is 2.60. The van der Waals surface area contributed by atoms with Crippen LogP contribution >= 0.6 is 0 Å². The summed E-state index contributed by atoms with van der Waals surface area (Å²) in [6.45, 7) is 5.78. The van der Waals surface area contributed by atoms with Gasteiger partial charge in [0.2, 0.25) is 5.91 Å². The maximum atomic E-state index is 15.4. The first-order chi connectivity index (χ1) is 28.9. The number of hydrogen-bond donors (Lipinski definition) is 4. The Labute approximate surface area is 346 Å². The van der Waals surface area contributed by atoms with Gasteiger partial charge in [0, 0.05) is 30.1 Å². The van der Waals surface area contributed by atoms with Crippen molar-refractivity contribution in [3.63, 3.8) is 0 Å². The van der Waals surface area contributed by atoms with E-state index >= 15 is 4.79 Å². The topological polar surface area (TPSA) is 166 Å². The van der Waals surface area contributed by atoms with E-state index in [1.807, 2.05) is 104 Å². The Bertz CT molecular complexity index is 2890. The number of ether oxygens (including phenoxy) is 1. The van der Waals surface area contributed by atoms with Gasteiger partial charge >= 0.3 is 0 Å². The molecule has 4 N–H and O–H groups in total. The molecule has 1 fully saturated rings. The number of aliphatic hydroxyl groups excluding tert-OH is 1. The second-order valence-corrected chi connectivity index (χ2v) is 20.4. The van der Waals surface area contributed by atoms with Gasteiger partial charge in [0.1, 0.15) is 0 Å². The van der Waals surface area contributed by atoms with Crippen molar-refractivity contribution < 1.29 is 24.2 Å². The van der Waals surface area contributed by atoms with Gasteiger partial charge in [-0.25, -0.2) is 9.36 Å². The molecule has 2 aliphatic heterocycles. The highest BCUT2D eigenvalue weighted by Gasteiger charge is 2.66. The second kappa shape index (κ2) is 15.1. The fourth-order valence-corrected chi connectivity index (χ4v) is 12.1. The van der Waals surface area contributed by atoms with Gasteiger partial charge in [-0.2, -0.15) is 0 Å². The molecule has 60 heavy (non-hydrogen) atoms. The lowest BCUT2D eigenvalue weighted by Crippen LogP contribution is -2.46. The predicted octanol–water partition coefficient (Wildman–Crippen LogP) is 5.71. The summed E-state index contributed by atoms with van der Waals surface area (Å²) in [6, 6.07) is 36.9. The van der Waals surface area contributed by atoms with E-state index in [0.717, 1.165) is 11.1 Å². The van der Waals surface area contributed by atoms with Gasteiger partial charge in [-0.3, -0.25) is 29.4 Å². The van der Waals surface area contributed by atoms with Gasteiger partial charge in [0.25, 0.3) is 17.0 Å². The molecule has 1 saturated heterocycles. The molecule has 0 bridgehead atoms. The third kappa shape index (κ3) is 6.52. The fourth-order valence-electron chi connectivity index (χ4n) is 9.54. The minimum absolute atomic E-state index is 0.105. The molecule has 2 aliphatic rings. The van der Waals surface area contributed by atoms with Crippen LogP contribution in [0.5, 0.6) is 0 Å². The van der Waals surface area contributed by atoms with Crippen LogP contribution < -0.4 is 16.0 Å². The normalized spacial score (nSPS) is 20.1. The summed E-state index contributed by atoms with van der Waals surface area (Å²) in [5, 5.41) is 17.4. The summed E-state index contributed by atoms with van der Waals surface area (Å²) in [6.07, 6.45) is -0.962. The van der Waals surface area contributed by atoms with Crippen molar-refractivity contribution in [3.05, 3.63) is 159 Å². The number of para-hydroxylation sites is 2. The van der Waals surface area contributed by atoms with Crippen LogP contribution in [0.1, 0.15) is 30.0 Å². The molecule has 0 saturated carbocycles. The number of aromatic nitrogens is 4. The molecule has 9 rings (SSSR count). The molecule has 0 unspecified atom stereocenters. The molecule has 0 radical (unpaired) electrons. The Morgan fingerprint density at radius 2 is 1.38 bits per heavy atom. The number of amides is 2. The zero-order valence-electron chi connectivity index (χ0n) is 33.5. The Kier molecular flexibility index (Phi) is 9.82. The molecule has 5 aromatic carbocycles. The number of nitrogens with zero attached hydrogens (tertiary/aromatic N) is 4. The van der Waals surface area contributed by atoms with Gasteiger partial charge < -0.3 is 24.4 Å². The SMILES string of the molecule is C[C@@H]1[C@@H]([Si](C)(C)O)[C@H](CC(=O)N(CCO)Cc2ccccc2)O[C@@]12C(=O)N(Cc1cccc(-n3[nH]c4ccccc4c3=O)c1)c1ccc(-n3[nH]c4ccccc4c3=O)cc12. The first kappa shape index (κ1) is 39.2. The number of hydrogen-bond acceptors (Lipinski definition) is 7. The van der Waals surface area contributed by atoms with Crippen LogP contribution in [0.2, 0.25) is 18.6 Å². The van der Waals surface area contributed by atoms with Crippen molar-refractivity contribution in [1.82, 2.24) is 24.5 Å². The lowest BCUT2D eigenvalue weighted by atomic mass is 9.82. The zero-order chi connectivity index (χ0) is 41.9. The quantitative estimate of drug-likeness (QED) is 0.122. The van der Waals surface area contributed by atoms with E-state index in [9.17, 15) is 24.3 Å². The molecule has 306 valence electrons. The molecule has 2 aromatic heterocycles. The van der Waals surface area contributed by atoms with Crippen LogP contribution in [-0.4, -0.2) is 73.8 Å². The number of aromatic amines is 2. The monoisotopic (exact) mass is 822 g/mol. The van der Waals surface area contributed by atoms with Crippen molar-refractivity contribution in [3.8, 4) is 11.4 Å². The molecule has 0 aliphatic carbocycles.